The second kappa shape index (κ2) is 4.89. The molecule has 0 bridgehead atoms. The standard InChI is InChI=1S/C14H22O7/c1-7(15)17-10-9-8(18-13(2,3)19-9)6-16-12-11(10)20-14(4,5)21-12/h8-12H,6H2,1-5H3/t8-,9+,10+,11-,12-/m1/s1. The summed E-state index contributed by atoms with van der Waals surface area (Å²) in [5, 5.41) is 0. The van der Waals surface area contributed by atoms with Gasteiger partial charge in [-0.15, -0.1) is 0 Å². The summed E-state index contributed by atoms with van der Waals surface area (Å²) in [5.74, 6) is -1.95. The first-order valence-electron chi connectivity index (χ1n) is 7.17. The highest BCUT2D eigenvalue weighted by molar-refractivity contribution is 5.66. The van der Waals surface area contributed by atoms with Crippen LogP contribution >= 0.6 is 0 Å². The molecule has 0 unspecified atom stereocenters. The number of ether oxygens (including phenoxy) is 6. The lowest BCUT2D eigenvalue weighted by Gasteiger charge is -2.28. The second-order valence-corrected chi connectivity index (χ2v) is 6.51. The minimum atomic E-state index is -0.796. The van der Waals surface area contributed by atoms with Gasteiger partial charge < -0.3 is 28.4 Å². The first-order valence-corrected chi connectivity index (χ1v) is 7.17. The van der Waals surface area contributed by atoms with E-state index in [0.717, 1.165) is 0 Å². The van der Waals surface area contributed by atoms with Gasteiger partial charge in [0.15, 0.2) is 30.1 Å². The van der Waals surface area contributed by atoms with Gasteiger partial charge in [0.1, 0.15) is 12.2 Å². The highest BCUT2D eigenvalue weighted by Gasteiger charge is 2.58. The third-order valence-electron chi connectivity index (χ3n) is 3.68. The van der Waals surface area contributed by atoms with Crippen molar-refractivity contribution in [1.82, 2.24) is 0 Å². The molecule has 3 aliphatic rings. The molecule has 0 aliphatic carbocycles. The predicted molar refractivity (Wildman–Crippen MR) is 69.2 cm³/mol. The second-order valence-electron chi connectivity index (χ2n) is 6.51. The zero-order chi connectivity index (χ0) is 15.4. The number of carbonyl (C=O) groups excluding carboxylic acids is 1. The fourth-order valence-corrected chi connectivity index (χ4v) is 3.08. The lowest BCUT2D eigenvalue weighted by molar-refractivity contribution is -0.203. The van der Waals surface area contributed by atoms with E-state index >= 15 is 0 Å². The van der Waals surface area contributed by atoms with Crippen LogP contribution in [0.5, 0.6) is 0 Å². The van der Waals surface area contributed by atoms with E-state index in [0.29, 0.717) is 6.61 Å². The minimum absolute atomic E-state index is 0.298. The summed E-state index contributed by atoms with van der Waals surface area (Å²) in [6.07, 6.45) is -2.56. The van der Waals surface area contributed by atoms with Gasteiger partial charge in [0.2, 0.25) is 0 Å². The van der Waals surface area contributed by atoms with Crippen molar-refractivity contribution in [1.29, 1.82) is 0 Å². The number of rotatable bonds is 1. The van der Waals surface area contributed by atoms with E-state index in [9.17, 15) is 4.79 Å². The first-order chi connectivity index (χ1) is 9.67. The maximum Gasteiger partial charge on any atom is 0.303 e. The van der Waals surface area contributed by atoms with Crippen molar-refractivity contribution in [3.05, 3.63) is 0 Å². The Hall–Kier alpha value is -0.730. The Morgan fingerprint density at radius 1 is 1.00 bits per heavy atom. The molecular weight excluding hydrogens is 280 g/mol. The summed E-state index contributed by atoms with van der Waals surface area (Å²) in [6, 6.07) is 0. The zero-order valence-electron chi connectivity index (χ0n) is 13.0. The van der Waals surface area contributed by atoms with Crippen molar-refractivity contribution in [3.8, 4) is 0 Å². The normalized spacial score (nSPS) is 43.8. The van der Waals surface area contributed by atoms with Crippen molar-refractivity contribution >= 4 is 5.97 Å². The lowest BCUT2D eigenvalue weighted by atomic mass is 10.0. The summed E-state index contributed by atoms with van der Waals surface area (Å²) in [5.41, 5.74) is 0. The Kier molecular flexibility index (Phi) is 3.53. The van der Waals surface area contributed by atoms with E-state index in [1.54, 1.807) is 13.8 Å². The highest BCUT2D eigenvalue weighted by Crippen LogP contribution is 2.40. The van der Waals surface area contributed by atoms with Crippen LogP contribution in [0.3, 0.4) is 0 Å². The quantitative estimate of drug-likeness (QED) is 0.668. The Morgan fingerprint density at radius 3 is 2.29 bits per heavy atom. The third kappa shape index (κ3) is 2.93. The van der Waals surface area contributed by atoms with Crippen LogP contribution in [-0.4, -0.2) is 54.9 Å². The summed E-state index contributed by atoms with van der Waals surface area (Å²) < 4.78 is 34.5. The van der Waals surface area contributed by atoms with Gasteiger partial charge in [0.05, 0.1) is 6.61 Å². The topological polar surface area (TPSA) is 72.5 Å². The maximum atomic E-state index is 11.5. The van der Waals surface area contributed by atoms with Gasteiger partial charge in [-0.3, -0.25) is 4.79 Å². The largest absolute Gasteiger partial charge is 0.457 e. The van der Waals surface area contributed by atoms with Crippen molar-refractivity contribution < 1.29 is 33.2 Å². The summed E-state index contributed by atoms with van der Waals surface area (Å²) >= 11 is 0. The smallest absolute Gasteiger partial charge is 0.303 e. The molecule has 7 nitrogen and oxygen atoms in total. The molecule has 0 radical (unpaired) electrons. The van der Waals surface area contributed by atoms with Crippen LogP contribution in [0, 0.1) is 0 Å². The summed E-state index contributed by atoms with van der Waals surface area (Å²) in [6.45, 7) is 8.89. The molecule has 3 saturated heterocycles. The van der Waals surface area contributed by atoms with Crippen molar-refractivity contribution in [2.24, 2.45) is 0 Å². The molecule has 3 aliphatic heterocycles. The lowest BCUT2D eigenvalue weighted by Crippen LogP contribution is -2.47. The van der Waals surface area contributed by atoms with E-state index in [1.807, 2.05) is 13.8 Å². The van der Waals surface area contributed by atoms with E-state index in [-0.39, 0.29) is 6.10 Å². The average molecular weight is 302 g/mol. The van der Waals surface area contributed by atoms with E-state index < -0.39 is 42.1 Å². The summed E-state index contributed by atoms with van der Waals surface area (Å²) in [4.78, 5) is 11.5. The Bertz CT molecular complexity index is 401. The van der Waals surface area contributed by atoms with Crippen LogP contribution in [0.2, 0.25) is 0 Å². The minimum Gasteiger partial charge on any atom is -0.457 e. The molecule has 0 amide bonds. The molecule has 3 fully saturated rings. The van der Waals surface area contributed by atoms with Crippen LogP contribution in [0.15, 0.2) is 0 Å². The maximum absolute atomic E-state index is 11.5. The van der Waals surface area contributed by atoms with Gasteiger partial charge in [0.25, 0.3) is 0 Å². The molecule has 0 saturated carbocycles. The van der Waals surface area contributed by atoms with E-state index in [4.69, 9.17) is 28.4 Å². The van der Waals surface area contributed by atoms with Crippen LogP contribution in [0.25, 0.3) is 0 Å². The average Bonchev–Trinajstić information content (AvgIpc) is 2.76. The van der Waals surface area contributed by atoms with E-state index in [2.05, 4.69) is 0 Å². The molecule has 120 valence electrons. The molecule has 0 aromatic carbocycles. The molecule has 3 rings (SSSR count). The number of carbonyl (C=O) groups is 1. The van der Waals surface area contributed by atoms with Gasteiger partial charge in [-0.25, -0.2) is 0 Å². The van der Waals surface area contributed by atoms with Crippen molar-refractivity contribution in [2.75, 3.05) is 6.61 Å². The Labute approximate surface area is 123 Å². The zero-order valence-corrected chi connectivity index (χ0v) is 13.0. The van der Waals surface area contributed by atoms with Gasteiger partial charge >= 0.3 is 5.97 Å². The molecule has 0 spiro atoms. The molecule has 0 aromatic heterocycles. The van der Waals surface area contributed by atoms with Crippen LogP contribution in [-0.2, 0) is 33.2 Å². The first kappa shape index (κ1) is 15.2. The van der Waals surface area contributed by atoms with Gasteiger partial charge in [-0.2, -0.15) is 0 Å². The highest BCUT2D eigenvalue weighted by atomic mass is 16.8. The molecule has 5 atom stereocenters. The Balaban J connectivity index is 1.88. The fourth-order valence-electron chi connectivity index (χ4n) is 3.08. The molecule has 0 N–H and O–H groups in total. The Morgan fingerprint density at radius 2 is 1.62 bits per heavy atom. The molecule has 7 heteroatoms. The van der Waals surface area contributed by atoms with Crippen LogP contribution in [0.1, 0.15) is 34.6 Å². The number of hydrogen-bond donors (Lipinski definition) is 0. The molecule has 21 heavy (non-hydrogen) atoms. The van der Waals surface area contributed by atoms with Crippen molar-refractivity contribution in [3.63, 3.8) is 0 Å². The van der Waals surface area contributed by atoms with E-state index in [1.165, 1.54) is 6.92 Å². The third-order valence-corrected chi connectivity index (χ3v) is 3.68. The van der Waals surface area contributed by atoms with Crippen LogP contribution < -0.4 is 0 Å². The van der Waals surface area contributed by atoms with Gasteiger partial charge in [-0.05, 0) is 27.7 Å². The summed E-state index contributed by atoms with van der Waals surface area (Å²) in [7, 11) is 0. The fraction of sp³-hybridized carbons (Fsp3) is 0.929. The molecular formula is C14H22O7. The van der Waals surface area contributed by atoms with Crippen molar-refractivity contribution in [2.45, 2.75) is 76.9 Å². The van der Waals surface area contributed by atoms with Gasteiger partial charge in [-0.1, -0.05) is 0 Å². The molecule has 0 aromatic rings. The monoisotopic (exact) mass is 302 g/mol. The molecule has 3 heterocycles. The number of hydrogen-bond acceptors (Lipinski definition) is 7. The SMILES string of the molecule is CC(=O)O[C@H]1[C@H]2OC(C)(C)O[C@@H]2CO[C@@H]2OC(C)(C)O[C@@H]21. The number of fused-ring (bicyclic) bond motifs is 2. The van der Waals surface area contributed by atoms with Crippen LogP contribution in [0.4, 0.5) is 0 Å². The van der Waals surface area contributed by atoms with Gasteiger partial charge in [0, 0.05) is 6.92 Å². The predicted octanol–water partition coefficient (Wildman–Crippen LogP) is 0.946. The number of esters is 1.